The first kappa shape index (κ1) is 17.6. The molecule has 0 amide bonds. The van der Waals surface area contributed by atoms with E-state index in [1.54, 1.807) is 18.2 Å². The second-order valence-electron chi connectivity index (χ2n) is 5.87. The number of aromatic hydroxyl groups is 3. The Bertz CT molecular complexity index is 673. The van der Waals surface area contributed by atoms with Gasteiger partial charge in [0.15, 0.2) is 11.5 Å². The molecule has 1 unspecified atom stereocenters. The van der Waals surface area contributed by atoms with Crippen LogP contribution in [0, 0.1) is 4.91 Å². The van der Waals surface area contributed by atoms with Gasteiger partial charge in [-0.1, -0.05) is 18.2 Å². The van der Waals surface area contributed by atoms with E-state index < -0.39 is 0 Å². The van der Waals surface area contributed by atoms with E-state index in [0.717, 1.165) is 24.0 Å². The topological polar surface area (TPSA) is 93.4 Å². The number of rotatable bonds is 8. The summed E-state index contributed by atoms with van der Waals surface area (Å²) in [6, 6.07) is 11.6. The number of hydrogen-bond donors (Lipinski definition) is 3. The summed E-state index contributed by atoms with van der Waals surface area (Å²) in [6.45, 7) is 2.38. The standard InChI is InChI=1S/C18H22N2O4/c1-13(2-3-14-4-7-16(21)8-5-14)20(19-24)11-10-15-6-9-17(22)18(23)12-15/h4-9,12-13,21-23H,2-3,10-11H2,1H3. The number of phenolic OH excluding ortho intramolecular Hbond substituents is 3. The van der Waals surface area contributed by atoms with Crippen molar-refractivity contribution in [3.05, 3.63) is 58.5 Å². The summed E-state index contributed by atoms with van der Waals surface area (Å²) >= 11 is 0. The van der Waals surface area contributed by atoms with E-state index >= 15 is 0 Å². The largest absolute Gasteiger partial charge is 0.508 e. The second-order valence-corrected chi connectivity index (χ2v) is 5.87. The van der Waals surface area contributed by atoms with E-state index in [1.165, 1.54) is 17.1 Å². The van der Waals surface area contributed by atoms with Crippen LogP contribution in [0.2, 0.25) is 0 Å². The summed E-state index contributed by atoms with van der Waals surface area (Å²) in [5, 5.41) is 32.7. The Balaban J connectivity index is 1.86. The maximum atomic E-state index is 11.1. The molecule has 6 heteroatoms. The molecule has 0 aliphatic carbocycles. The van der Waals surface area contributed by atoms with Gasteiger partial charge in [0.05, 0.1) is 5.29 Å². The highest BCUT2D eigenvalue weighted by atomic mass is 16.3. The molecule has 2 aromatic rings. The maximum Gasteiger partial charge on any atom is 0.157 e. The lowest BCUT2D eigenvalue weighted by atomic mass is 10.1. The molecule has 0 saturated carbocycles. The van der Waals surface area contributed by atoms with Crippen molar-refractivity contribution in [2.75, 3.05) is 6.54 Å². The number of aryl methyl sites for hydroxylation is 1. The lowest BCUT2D eigenvalue weighted by Crippen LogP contribution is -2.30. The van der Waals surface area contributed by atoms with Gasteiger partial charge >= 0.3 is 0 Å². The van der Waals surface area contributed by atoms with Crippen LogP contribution >= 0.6 is 0 Å². The normalized spacial score (nSPS) is 11.9. The van der Waals surface area contributed by atoms with Crippen LogP contribution in [-0.2, 0) is 12.8 Å². The lowest BCUT2D eigenvalue weighted by molar-refractivity contribution is 0.207. The molecule has 0 saturated heterocycles. The Morgan fingerprint density at radius 3 is 2.25 bits per heavy atom. The van der Waals surface area contributed by atoms with Gasteiger partial charge in [0.25, 0.3) is 0 Å². The fraction of sp³-hybridized carbons (Fsp3) is 0.333. The number of hydrogen-bond acceptors (Lipinski definition) is 5. The van der Waals surface area contributed by atoms with E-state index in [4.69, 9.17) is 0 Å². The van der Waals surface area contributed by atoms with Crippen molar-refractivity contribution in [2.45, 2.75) is 32.2 Å². The first-order chi connectivity index (χ1) is 11.5. The molecule has 0 aliphatic rings. The third-order valence-corrected chi connectivity index (χ3v) is 4.07. The molecule has 0 bridgehead atoms. The number of nitroso groups, excluding NO2 is 1. The smallest absolute Gasteiger partial charge is 0.157 e. The summed E-state index contributed by atoms with van der Waals surface area (Å²) in [5.41, 5.74) is 1.92. The minimum atomic E-state index is -0.168. The fourth-order valence-electron chi connectivity index (χ4n) is 2.50. The van der Waals surface area contributed by atoms with Gasteiger partial charge in [0.2, 0.25) is 0 Å². The van der Waals surface area contributed by atoms with Crippen molar-refractivity contribution >= 4 is 0 Å². The minimum Gasteiger partial charge on any atom is -0.508 e. The molecule has 24 heavy (non-hydrogen) atoms. The summed E-state index contributed by atoms with van der Waals surface area (Å²) in [4.78, 5) is 11.1. The Kier molecular flexibility index (Phi) is 6.01. The average Bonchev–Trinajstić information content (AvgIpc) is 2.58. The van der Waals surface area contributed by atoms with Crippen LogP contribution in [0.4, 0.5) is 0 Å². The van der Waals surface area contributed by atoms with Gasteiger partial charge in [0, 0.05) is 12.6 Å². The van der Waals surface area contributed by atoms with Gasteiger partial charge in [-0.25, -0.2) is 0 Å². The Morgan fingerprint density at radius 2 is 1.62 bits per heavy atom. The fourth-order valence-corrected chi connectivity index (χ4v) is 2.50. The first-order valence-electron chi connectivity index (χ1n) is 7.88. The van der Waals surface area contributed by atoms with Crippen molar-refractivity contribution in [3.8, 4) is 17.2 Å². The zero-order valence-electron chi connectivity index (χ0n) is 13.6. The molecule has 3 N–H and O–H groups in total. The summed E-state index contributed by atoms with van der Waals surface area (Å²) in [7, 11) is 0. The molecule has 1 atom stereocenters. The summed E-state index contributed by atoms with van der Waals surface area (Å²) < 4.78 is 0. The Morgan fingerprint density at radius 1 is 0.958 bits per heavy atom. The molecular weight excluding hydrogens is 308 g/mol. The quantitative estimate of drug-likeness (QED) is 0.392. The Hall–Kier alpha value is -2.76. The highest BCUT2D eigenvalue weighted by molar-refractivity contribution is 5.40. The van der Waals surface area contributed by atoms with E-state index in [2.05, 4.69) is 5.29 Å². The predicted octanol–water partition coefficient (Wildman–Crippen LogP) is 3.35. The van der Waals surface area contributed by atoms with Crippen molar-refractivity contribution in [1.82, 2.24) is 5.01 Å². The first-order valence-corrected chi connectivity index (χ1v) is 7.88. The molecule has 0 aromatic heterocycles. The highest BCUT2D eigenvalue weighted by Gasteiger charge is 2.13. The van der Waals surface area contributed by atoms with Gasteiger partial charge in [-0.3, -0.25) is 5.01 Å². The summed E-state index contributed by atoms with van der Waals surface area (Å²) in [5.74, 6) is -0.0926. The van der Waals surface area contributed by atoms with Crippen LogP contribution in [0.1, 0.15) is 24.5 Å². The van der Waals surface area contributed by atoms with Crippen LogP contribution in [0.5, 0.6) is 17.2 Å². The van der Waals surface area contributed by atoms with Crippen molar-refractivity contribution in [1.29, 1.82) is 0 Å². The lowest BCUT2D eigenvalue weighted by Gasteiger charge is -2.23. The molecule has 128 valence electrons. The highest BCUT2D eigenvalue weighted by Crippen LogP contribution is 2.25. The van der Waals surface area contributed by atoms with E-state index in [-0.39, 0.29) is 23.3 Å². The SMILES string of the molecule is CC(CCc1ccc(O)cc1)N(CCc1ccc(O)c(O)c1)N=O. The van der Waals surface area contributed by atoms with E-state index in [1.807, 2.05) is 19.1 Å². The van der Waals surface area contributed by atoms with Gasteiger partial charge in [-0.15, -0.1) is 4.91 Å². The van der Waals surface area contributed by atoms with Crippen molar-refractivity contribution in [3.63, 3.8) is 0 Å². The molecule has 0 heterocycles. The number of nitrogens with zero attached hydrogens (tertiary/aromatic N) is 2. The van der Waals surface area contributed by atoms with Crippen LogP contribution in [-0.4, -0.2) is 32.9 Å². The van der Waals surface area contributed by atoms with Gasteiger partial charge in [-0.2, -0.15) is 0 Å². The molecule has 6 nitrogen and oxygen atoms in total. The molecule has 0 spiro atoms. The number of phenols is 3. The van der Waals surface area contributed by atoms with Gasteiger partial charge in [-0.05, 0) is 61.6 Å². The molecule has 0 radical (unpaired) electrons. The molecule has 0 aliphatic heterocycles. The predicted molar refractivity (Wildman–Crippen MR) is 91.9 cm³/mol. The maximum absolute atomic E-state index is 11.1. The minimum absolute atomic E-state index is 0.0259. The van der Waals surface area contributed by atoms with Gasteiger partial charge < -0.3 is 15.3 Å². The zero-order chi connectivity index (χ0) is 17.5. The van der Waals surface area contributed by atoms with Crippen LogP contribution < -0.4 is 0 Å². The molecule has 2 aromatic carbocycles. The average molecular weight is 330 g/mol. The molecule has 2 rings (SSSR count). The van der Waals surface area contributed by atoms with Crippen molar-refractivity contribution < 1.29 is 15.3 Å². The second kappa shape index (κ2) is 8.19. The van der Waals surface area contributed by atoms with Crippen LogP contribution in [0.25, 0.3) is 0 Å². The van der Waals surface area contributed by atoms with E-state index in [0.29, 0.717) is 13.0 Å². The monoisotopic (exact) mass is 330 g/mol. The summed E-state index contributed by atoms with van der Waals surface area (Å²) in [6.07, 6.45) is 2.09. The van der Waals surface area contributed by atoms with E-state index in [9.17, 15) is 20.2 Å². The van der Waals surface area contributed by atoms with Crippen LogP contribution in [0.15, 0.2) is 47.8 Å². The van der Waals surface area contributed by atoms with Crippen LogP contribution in [0.3, 0.4) is 0 Å². The zero-order valence-corrected chi connectivity index (χ0v) is 13.6. The van der Waals surface area contributed by atoms with Gasteiger partial charge in [0.1, 0.15) is 5.75 Å². The third kappa shape index (κ3) is 4.87. The Labute approximate surface area is 140 Å². The van der Waals surface area contributed by atoms with Crippen molar-refractivity contribution in [2.24, 2.45) is 5.29 Å². The molecular formula is C18H22N2O4. The molecule has 0 fully saturated rings. The number of benzene rings is 2. The third-order valence-electron chi connectivity index (χ3n) is 4.07.